The smallest absolute Gasteiger partial charge is 0.325 e. The van der Waals surface area contributed by atoms with Crippen LogP contribution in [0.15, 0.2) is 42.5 Å². The van der Waals surface area contributed by atoms with Gasteiger partial charge in [-0.15, -0.1) is 4.52 Å². The molecule has 2 rings (SSSR count). The first-order valence-corrected chi connectivity index (χ1v) is 16.6. The standard InChI is InChI=1S/C34H52NO3P/c1-7-8-9-10-11-12-13-14-15-16-20-28(6)38-39(37)32-24-18-17-21-29(32)25-33(36)35-34-30(26(2)3)22-19-23-31(34)27(4)5/h17-19,21-24,26-28H,7-16,20,25H2,1-6H3/p+1. The van der Waals surface area contributed by atoms with Crippen LogP contribution in [0, 0.1) is 0 Å². The highest BCUT2D eigenvalue weighted by Gasteiger charge is 2.29. The van der Waals surface area contributed by atoms with Gasteiger partial charge in [-0.1, -0.05) is 135 Å². The molecule has 0 heterocycles. The van der Waals surface area contributed by atoms with Crippen molar-refractivity contribution in [3.8, 4) is 0 Å². The minimum Gasteiger partial charge on any atom is -0.325 e. The van der Waals surface area contributed by atoms with Crippen LogP contribution >= 0.6 is 8.03 Å². The summed E-state index contributed by atoms with van der Waals surface area (Å²) in [5.41, 5.74) is 3.95. The van der Waals surface area contributed by atoms with Gasteiger partial charge in [0, 0.05) is 11.3 Å². The second-order valence-corrected chi connectivity index (χ2v) is 12.8. The van der Waals surface area contributed by atoms with Crippen LogP contribution < -0.4 is 10.6 Å². The predicted molar refractivity (Wildman–Crippen MR) is 168 cm³/mol. The number of benzene rings is 2. The first-order valence-electron chi connectivity index (χ1n) is 15.4. The fourth-order valence-electron chi connectivity index (χ4n) is 5.08. The molecule has 0 aliphatic carbocycles. The Balaban J connectivity index is 1.87. The van der Waals surface area contributed by atoms with E-state index in [4.69, 9.17) is 4.52 Å². The van der Waals surface area contributed by atoms with Crippen molar-refractivity contribution < 1.29 is 13.9 Å². The minimum absolute atomic E-state index is 0.0731. The average Bonchev–Trinajstić information content (AvgIpc) is 2.89. The summed E-state index contributed by atoms with van der Waals surface area (Å²) >= 11 is 0. The van der Waals surface area contributed by atoms with E-state index in [1.165, 1.54) is 57.8 Å². The highest BCUT2D eigenvalue weighted by molar-refractivity contribution is 7.48. The Hall–Kier alpha value is -2.03. The number of amides is 1. The molecule has 0 radical (unpaired) electrons. The maximum Gasteiger partial charge on any atom is 0.549 e. The van der Waals surface area contributed by atoms with Gasteiger partial charge in [0.05, 0.1) is 6.42 Å². The Bertz CT molecular complexity index is 991. The van der Waals surface area contributed by atoms with Crippen LogP contribution in [0.5, 0.6) is 0 Å². The maximum atomic E-state index is 13.2. The van der Waals surface area contributed by atoms with Gasteiger partial charge in [0.1, 0.15) is 6.10 Å². The highest BCUT2D eigenvalue weighted by Crippen LogP contribution is 2.33. The van der Waals surface area contributed by atoms with Gasteiger partial charge in [-0.05, 0) is 46.9 Å². The van der Waals surface area contributed by atoms with Gasteiger partial charge in [0.15, 0.2) is 0 Å². The van der Waals surface area contributed by atoms with E-state index < -0.39 is 8.03 Å². The third kappa shape index (κ3) is 11.9. The molecule has 216 valence electrons. The van der Waals surface area contributed by atoms with E-state index >= 15 is 0 Å². The fourth-order valence-corrected chi connectivity index (χ4v) is 6.22. The van der Waals surface area contributed by atoms with Gasteiger partial charge in [-0.2, -0.15) is 0 Å². The molecule has 2 atom stereocenters. The molecule has 0 saturated carbocycles. The van der Waals surface area contributed by atoms with Crippen LogP contribution in [0.1, 0.15) is 141 Å². The first kappa shape index (κ1) is 33.2. The summed E-state index contributed by atoms with van der Waals surface area (Å²) in [6.45, 7) is 12.8. The van der Waals surface area contributed by atoms with Crippen molar-refractivity contribution >= 4 is 24.9 Å². The number of para-hydroxylation sites is 1. The lowest BCUT2D eigenvalue weighted by Crippen LogP contribution is -2.21. The van der Waals surface area contributed by atoms with Crippen molar-refractivity contribution in [1.29, 1.82) is 0 Å². The molecule has 1 amide bonds. The van der Waals surface area contributed by atoms with Crippen LogP contribution in [0.3, 0.4) is 0 Å². The molecular formula is C34H53NO3P+. The summed E-state index contributed by atoms with van der Waals surface area (Å²) in [4.78, 5) is 13.2. The molecule has 4 nitrogen and oxygen atoms in total. The minimum atomic E-state index is -2.03. The van der Waals surface area contributed by atoms with Gasteiger partial charge in [-0.3, -0.25) is 4.79 Å². The molecule has 0 saturated heterocycles. The molecule has 2 aromatic carbocycles. The van der Waals surface area contributed by atoms with Crippen LogP contribution in [0.25, 0.3) is 0 Å². The molecule has 0 aliphatic heterocycles. The molecule has 0 bridgehead atoms. The van der Waals surface area contributed by atoms with E-state index in [2.05, 4.69) is 58.1 Å². The Morgan fingerprint density at radius 3 is 1.87 bits per heavy atom. The molecule has 0 aromatic heterocycles. The van der Waals surface area contributed by atoms with Crippen molar-refractivity contribution in [2.24, 2.45) is 0 Å². The van der Waals surface area contributed by atoms with Crippen molar-refractivity contribution in [1.82, 2.24) is 0 Å². The zero-order valence-corrected chi connectivity index (χ0v) is 26.3. The third-order valence-corrected chi connectivity index (χ3v) is 8.80. The van der Waals surface area contributed by atoms with E-state index in [1.54, 1.807) is 0 Å². The number of hydrogen-bond acceptors (Lipinski definition) is 3. The van der Waals surface area contributed by atoms with E-state index in [1.807, 2.05) is 31.2 Å². The molecular weight excluding hydrogens is 501 g/mol. The first-order chi connectivity index (χ1) is 18.7. The van der Waals surface area contributed by atoms with Crippen LogP contribution in [-0.4, -0.2) is 12.0 Å². The summed E-state index contributed by atoms with van der Waals surface area (Å²) < 4.78 is 19.1. The van der Waals surface area contributed by atoms with Gasteiger partial charge >= 0.3 is 8.03 Å². The number of rotatable bonds is 19. The summed E-state index contributed by atoms with van der Waals surface area (Å²) in [5, 5.41) is 3.81. The van der Waals surface area contributed by atoms with Gasteiger partial charge in [-0.25, -0.2) is 0 Å². The van der Waals surface area contributed by atoms with E-state index in [9.17, 15) is 9.36 Å². The number of unbranched alkanes of at least 4 members (excludes halogenated alkanes) is 9. The SMILES string of the molecule is CCCCCCCCCCCCC(C)O[P+](=O)c1ccccc1CC(=O)Nc1c(C(C)C)cccc1C(C)C. The Labute approximate surface area is 239 Å². The molecule has 0 spiro atoms. The van der Waals surface area contributed by atoms with Gasteiger partial charge < -0.3 is 5.32 Å². The van der Waals surface area contributed by atoms with E-state index in [0.29, 0.717) is 17.1 Å². The molecule has 1 N–H and O–H groups in total. The fraction of sp³-hybridized carbons (Fsp3) is 0.618. The Morgan fingerprint density at radius 1 is 0.769 bits per heavy atom. The summed E-state index contributed by atoms with van der Waals surface area (Å²) in [5.74, 6) is 0.497. The number of carbonyl (C=O) groups excluding carboxylic acids is 1. The largest absolute Gasteiger partial charge is 0.549 e. The van der Waals surface area contributed by atoms with Crippen molar-refractivity contribution in [2.45, 2.75) is 137 Å². The lowest BCUT2D eigenvalue weighted by molar-refractivity contribution is -0.115. The van der Waals surface area contributed by atoms with Gasteiger partial charge in [0.25, 0.3) is 0 Å². The summed E-state index contributed by atoms with van der Waals surface area (Å²) in [6.07, 6.45) is 14.0. The van der Waals surface area contributed by atoms with Crippen molar-refractivity contribution in [3.63, 3.8) is 0 Å². The van der Waals surface area contributed by atoms with Crippen molar-refractivity contribution in [3.05, 3.63) is 59.2 Å². The van der Waals surface area contributed by atoms with Crippen molar-refractivity contribution in [2.75, 3.05) is 5.32 Å². The molecule has 39 heavy (non-hydrogen) atoms. The lowest BCUT2D eigenvalue weighted by Gasteiger charge is -2.20. The number of hydrogen-bond donors (Lipinski definition) is 1. The third-order valence-electron chi connectivity index (χ3n) is 7.42. The van der Waals surface area contributed by atoms with Gasteiger partial charge in [0.2, 0.25) is 11.2 Å². The molecule has 2 aromatic rings. The quantitative estimate of drug-likeness (QED) is 0.139. The monoisotopic (exact) mass is 554 g/mol. The van der Waals surface area contributed by atoms with E-state index in [0.717, 1.165) is 35.2 Å². The lowest BCUT2D eigenvalue weighted by atomic mass is 9.92. The molecule has 0 aliphatic rings. The predicted octanol–water partition coefficient (Wildman–Crippen LogP) is 10.2. The Kier molecular flexibility index (Phi) is 15.6. The number of carbonyl (C=O) groups is 1. The second-order valence-electron chi connectivity index (χ2n) is 11.6. The second kappa shape index (κ2) is 18.3. The van der Waals surface area contributed by atoms with Crippen LogP contribution in [-0.2, 0) is 20.3 Å². The summed E-state index contributed by atoms with van der Waals surface area (Å²) in [7, 11) is -2.03. The normalized spacial score (nSPS) is 12.7. The number of nitrogens with one attached hydrogen (secondary N) is 1. The summed E-state index contributed by atoms with van der Waals surface area (Å²) in [6, 6.07) is 13.7. The number of anilines is 1. The zero-order valence-electron chi connectivity index (χ0n) is 25.4. The molecule has 2 unspecified atom stereocenters. The maximum absolute atomic E-state index is 13.2. The molecule has 0 fully saturated rings. The Morgan fingerprint density at radius 2 is 1.31 bits per heavy atom. The zero-order chi connectivity index (χ0) is 28.6. The highest BCUT2D eigenvalue weighted by atomic mass is 31.1. The topological polar surface area (TPSA) is 55.4 Å². The van der Waals surface area contributed by atoms with Crippen LogP contribution in [0.4, 0.5) is 5.69 Å². The van der Waals surface area contributed by atoms with Crippen LogP contribution in [0.2, 0.25) is 0 Å². The average molecular weight is 555 g/mol. The molecule has 5 heteroatoms. The van der Waals surface area contributed by atoms with E-state index in [-0.39, 0.29) is 18.4 Å².